The Morgan fingerprint density at radius 3 is 2.83 bits per heavy atom. The summed E-state index contributed by atoms with van der Waals surface area (Å²) in [7, 11) is 0. The van der Waals surface area contributed by atoms with Gasteiger partial charge in [0.05, 0.1) is 11.8 Å². The van der Waals surface area contributed by atoms with Crippen molar-refractivity contribution in [3.8, 4) is 11.5 Å². The first-order chi connectivity index (χ1) is 8.58. The van der Waals surface area contributed by atoms with Crippen LogP contribution in [0.15, 0.2) is 41.1 Å². The highest BCUT2D eigenvalue weighted by Gasteiger charge is 2.14. The number of pyridine rings is 1. The first-order valence-electron chi connectivity index (χ1n) is 5.16. The van der Waals surface area contributed by atoms with Gasteiger partial charge in [0.1, 0.15) is 5.75 Å². The summed E-state index contributed by atoms with van der Waals surface area (Å²) in [5, 5.41) is 0. The Kier molecular flexibility index (Phi) is 3.72. The van der Waals surface area contributed by atoms with Gasteiger partial charge in [-0.25, -0.2) is 4.39 Å². The zero-order valence-electron chi connectivity index (χ0n) is 9.48. The van der Waals surface area contributed by atoms with E-state index in [0.29, 0.717) is 10.2 Å². The van der Waals surface area contributed by atoms with Crippen LogP contribution in [-0.4, -0.2) is 10.8 Å². The summed E-state index contributed by atoms with van der Waals surface area (Å²) in [5.74, 6) is -0.558. The van der Waals surface area contributed by atoms with Crippen molar-refractivity contribution in [2.24, 2.45) is 0 Å². The Balaban J connectivity index is 2.42. The van der Waals surface area contributed by atoms with Crippen LogP contribution in [0.5, 0.6) is 11.5 Å². The lowest BCUT2D eigenvalue weighted by Crippen LogP contribution is -1.99. The van der Waals surface area contributed by atoms with Gasteiger partial charge >= 0.3 is 0 Å². The molecule has 1 aromatic heterocycles. The van der Waals surface area contributed by atoms with E-state index in [-0.39, 0.29) is 17.1 Å². The molecule has 92 valence electrons. The highest BCUT2D eigenvalue weighted by molar-refractivity contribution is 9.10. The number of carbonyl (C=O) groups excluding carboxylic acids is 1. The molecule has 0 aliphatic carbocycles. The lowest BCUT2D eigenvalue weighted by atomic mass is 10.1. The molecule has 5 heteroatoms. The van der Waals surface area contributed by atoms with Gasteiger partial charge in [0, 0.05) is 10.7 Å². The van der Waals surface area contributed by atoms with Gasteiger partial charge in [0.15, 0.2) is 17.3 Å². The number of hydrogen-bond donors (Lipinski definition) is 0. The molecule has 0 bridgehead atoms. The molecule has 0 amide bonds. The number of para-hydroxylation sites is 1. The molecule has 0 fully saturated rings. The molecule has 1 heterocycles. The quantitative estimate of drug-likeness (QED) is 0.805. The third kappa shape index (κ3) is 2.73. The predicted molar refractivity (Wildman–Crippen MR) is 68.4 cm³/mol. The number of aromatic nitrogens is 1. The lowest BCUT2D eigenvalue weighted by molar-refractivity contribution is 0.101. The molecule has 2 aromatic rings. The van der Waals surface area contributed by atoms with Gasteiger partial charge in [0.2, 0.25) is 0 Å². The molecule has 0 N–H and O–H groups in total. The van der Waals surface area contributed by atoms with Crippen molar-refractivity contribution in [3.63, 3.8) is 0 Å². The number of ketones is 1. The van der Waals surface area contributed by atoms with Gasteiger partial charge in [0.25, 0.3) is 0 Å². The van der Waals surface area contributed by atoms with Gasteiger partial charge in [-0.15, -0.1) is 0 Å². The van der Waals surface area contributed by atoms with Gasteiger partial charge in [-0.3, -0.25) is 9.78 Å². The fraction of sp³-hybridized carbons (Fsp3) is 0.0769. The Morgan fingerprint density at radius 1 is 1.39 bits per heavy atom. The van der Waals surface area contributed by atoms with Gasteiger partial charge in [-0.2, -0.15) is 0 Å². The predicted octanol–water partition coefficient (Wildman–Crippen LogP) is 3.98. The normalized spacial score (nSPS) is 10.2. The Hall–Kier alpha value is -1.75. The average molecular weight is 310 g/mol. The maximum absolute atomic E-state index is 13.7. The van der Waals surface area contributed by atoms with E-state index >= 15 is 0 Å². The van der Waals surface area contributed by atoms with Gasteiger partial charge in [-0.1, -0.05) is 6.07 Å². The van der Waals surface area contributed by atoms with Crippen LogP contribution in [0.2, 0.25) is 0 Å². The first-order valence-corrected chi connectivity index (χ1v) is 5.95. The summed E-state index contributed by atoms with van der Waals surface area (Å²) in [6.45, 7) is 1.36. The minimum Gasteiger partial charge on any atom is -0.452 e. The van der Waals surface area contributed by atoms with E-state index in [1.165, 1.54) is 31.3 Å². The number of ether oxygens (including phenoxy) is 1. The molecule has 0 spiro atoms. The van der Waals surface area contributed by atoms with E-state index in [1.54, 1.807) is 12.3 Å². The van der Waals surface area contributed by atoms with Crippen LogP contribution in [-0.2, 0) is 0 Å². The van der Waals surface area contributed by atoms with Crippen LogP contribution >= 0.6 is 15.9 Å². The molecule has 0 saturated heterocycles. The van der Waals surface area contributed by atoms with Crippen molar-refractivity contribution >= 4 is 21.7 Å². The molecule has 0 radical (unpaired) electrons. The van der Waals surface area contributed by atoms with E-state index in [9.17, 15) is 9.18 Å². The van der Waals surface area contributed by atoms with Crippen LogP contribution in [0, 0.1) is 5.82 Å². The summed E-state index contributed by atoms with van der Waals surface area (Å²) < 4.78 is 19.8. The number of benzene rings is 1. The molecule has 18 heavy (non-hydrogen) atoms. The average Bonchev–Trinajstić information content (AvgIpc) is 2.31. The topological polar surface area (TPSA) is 39.2 Å². The lowest BCUT2D eigenvalue weighted by Gasteiger charge is -2.10. The molecule has 2 rings (SSSR count). The van der Waals surface area contributed by atoms with E-state index in [2.05, 4.69) is 20.9 Å². The van der Waals surface area contributed by atoms with Crippen molar-refractivity contribution < 1.29 is 13.9 Å². The molecule has 0 aliphatic rings. The second kappa shape index (κ2) is 5.27. The molecule has 0 unspecified atom stereocenters. The fourth-order valence-corrected chi connectivity index (χ4v) is 1.80. The van der Waals surface area contributed by atoms with Crippen LogP contribution in [0.4, 0.5) is 4.39 Å². The third-order valence-corrected chi connectivity index (χ3v) is 2.68. The molecule has 3 nitrogen and oxygen atoms in total. The third-order valence-electron chi connectivity index (χ3n) is 2.25. The van der Waals surface area contributed by atoms with Crippen LogP contribution in [0.1, 0.15) is 17.3 Å². The second-order valence-corrected chi connectivity index (χ2v) is 4.53. The SMILES string of the molecule is CC(=O)c1cccc(F)c1Oc1cncc(Br)c1. The van der Waals surface area contributed by atoms with Crippen molar-refractivity contribution in [1.82, 2.24) is 4.98 Å². The molecular weight excluding hydrogens is 301 g/mol. The smallest absolute Gasteiger partial charge is 0.173 e. The number of carbonyl (C=O) groups is 1. The molecule has 0 aliphatic heterocycles. The standard InChI is InChI=1S/C13H9BrFNO2/c1-8(17)11-3-2-4-12(15)13(11)18-10-5-9(14)6-16-7-10/h2-7H,1H3. The zero-order valence-corrected chi connectivity index (χ0v) is 11.1. The zero-order chi connectivity index (χ0) is 13.1. The summed E-state index contributed by atoms with van der Waals surface area (Å²) in [6, 6.07) is 5.88. The number of halogens is 2. The number of hydrogen-bond acceptors (Lipinski definition) is 3. The minimum atomic E-state index is -0.581. The van der Waals surface area contributed by atoms with Crippen LogP contribution in [0.25, 0.3) is 0 Å². The summed E-state index contributed by atoms with van der Waals surface area (Å²) in [6.07, 6.45) is 3.03. The Labute approximate surface area is 112 Å². The minimum absolute atomic E-state index is 0.0788. The van der Waals surface area contributed by atoms with Gasteiger partial charge < -0.3 is 4.74 Å². The van der Waals surface area contributed by atoms with E-state index in [4.69, 9.17) is 4.74 Å². The maximum Gasteiger partial charge on any atom is 0.173 e. The number of nitrogens with zero attached hydrogens (tertiary/aromatic N) is 1. The summed E-state index contributed by atoms with van der Waals surface area (Å²) in [4.78, 5) is 15.3. The summed E-state index contributed by atoms with van der Waals surface area (Å²) >= 11 is 3.24. The monoisotopic (exact) mass is 309 g/mol. The van der Waals surface area contributed by atoms with Crippen molar-refractivity contribution in [1.29, 1.82) is 0 Å². The highest BCUT2D eigenvalue weighted by atomic mass is 79.9. The van der Waals surface area contributed by atoms with E-state index < -0.39 is 5.82 Å². The van der Waals surface area contributed by atoms with Crippen LogP contribution < -0.4 is 4.74 Å². The van der Waals surface area contributed by atoms with Crippen molar-refractivity contribution in [2.75, 3.05) is 0 Å². The second-order valence-electron chi connectivity index (χ2n) is 3.61. The first kappa shape index (κ1) is 12.7. The van der Waals surface area contributed by atoms with E-state index in [0.717, 1.165) is 0 Å². The number of rotatable bonds is 3. The Morgan fingerprint density at radius 2 is 2.17 bits per heavy atom. The highest BCUT2D eigenvalue weighted by Crippen LogP contribution is 2.29. The largest absolute Gasteiger partial charge is 0.452 e. The molecule has 0 saturated carbocycles. The van der Waals surface area contributed by atoms with E-state index in [1.807, 2.05) is 0 Å². The van der Waals surface area contributed by atoms with Gasteiger partial charge in [-0.05, 0) is 41.1 Å². The van der Waals surface area contributed by atoms with Crippen LogP contribution in [0.3, 0.4) is 0 Å². The Bertz CT molecular complexity index is 601. The van der Waals surface area contributed by atoms with Crippen molar-refractivity contribution in [2.45, 2.75) is 6.92 Å². The molecule has 0 atom stereocenters. The molecular formula is C13H9BrFNO2. The molecule has 1 aromatic carbocycles. The fourth-order valence-electron chi connectivity index (χ4n) is 1.46. The maximum atomic E-state index is 13.7. The number of Topliss-reactive ketones (excluding diaryl/α,β-unsaturated/α-hetero) is 1. The summed E-state index contributed by atoms with van der Waals surface area (Å²) in [5.41, 5.74) is 0.204. The van der Waals surface area contributed by atoms with Crippen molar-refractivity contribution in [3.05, 3.63) is 52.5 Å².